The number of rotatable bonds is 6. The average Bonchev–Trinajstić information content (AvgIpc) is 3.00. The van der Waals surface area contributed by atoms with Gasteiger partial charge in [-0.15, -0.1) is 0 Å². The first-order valence-electron chi connectivity index (χ1n) is 9.24. The Morgan fingerprint density at radius 3 is 2.79 bits per heavy atom. The second-order valence-corrected chi connectivity index (χ2v) is 7.47. The van der Waals surface area contributed by atoms with Crippen molar-refractivity contribution >= 4 is 5.91 Å². The number of hydrogen-bond donors (Lipinski definition) is 0. The molecule has 0 radical (unpaired) electrons. The number of carbonyl (C=O) groups excluding carboxylic acids is 1. The van der Waals surface area contributed by atoms with E-state index in [0.29, 0.717) is 5.41 Å². The summed E-state index contributed by atoms with van der Waals surface area (Å²) in [5.74, 6) is 0.149. The number of nitrogens with zero attached hydrogens (tertiary/aromatic N) is 2. The Bertz CT molecular complexity index is 534. The van der Waals surface area contributed by atoms with E-state index in [0.717, 1.165) is 32.5 Å². The quantitative estimate of drug-likeness (QED) is 0.804. The van der Waals surface area contributed by atoms with E-state index in [-0.39, 0.29) is 12.5 Å². The summed E-state index contributed by atoms with van der Waals surface area (Å²) in [6, 6.07) is 10.8. The number of aryl methyl sites for hydroxylation is 1. The second-order valence-electron chi connectivity index (χ2n) is 7.47. The highest BCUT2D eigenvalue weighted by Crippen LogP contribution is 2.39. The zero-order valence-corrected chi connectivity index (χ0v) is 14.9. The van der Waals surface area contributed by atoms with Crippen LogP contribution >= 0.6 is 0 Å². The first kappa shape index (κ1) is 17.4. The van der Waals surface area contributed by atoms with Crippen LogP contribution in [0.5, 0.6) is 0 Å². The van der Waals surface area contributed by atoms with E-state index in [1.807, 2.05) is 4.90 Å². The lowest BCUT2D eigenvalue weighted by Gasteiger charge is -2.40. The van der Waals surface area contributed by atoms with Crippen LogP contribution < -0.4 is 0 Å². The molecule has 3 rings (SSSR count). The molecule has 2 fully saturated rings. The maximum Gasteiger partial charge on any atom is 0.248 e. The molecular weight excluding hydrogens is 300 g/mol. The Labute approximate surface area is 145 Å². The summed E-state index contributed by atoms with van der Waals surface area (Å²) >= 11 is 0. The van der Waals surface area contributed by atoms with Crippen LogP contribution in [0, 0.1) is 5.41 Å². The van der Waals surface area contributed by atoms with Gasteiger partial charge in [-0.1, -0.05) is 30.3 Å². The van der Waals surface area contributed by atoms with Crippen molar-refractivity contribution in [2.45, 2.75) is 32.1 Å². The summed E-state index contributed by atoms with van der Waals surface area (Å²) in [7, 11) is 1.60. The molecule has 0 unspecified atom stereocenters. The van der Waals surface area contributed by atoms with E-state index in [1.54, 1.807) is 7.11 Å². The van der Waals surface area contributed by atoms with E-state index in [9.17, 15) is 4.79 Å². The minimum atomic E-state index is 0.149. The molecule has 2 saturated heterocycles. The molecule has 132 valence electrons. The van der Waals surface area contributed by atoms with Gasteiger partial charge in [-0.25, -0.2) is 0 Å². The van der Waals surface area contributed by atoms with Crippen LogP contribution in [0.4, 0.5) is 0 Å². The van der Waals surface area contributed by atoms with Gasteiger partial charge in [0.15, 0.2) is 0 Å². The van der Waals surface area contributed by atoms with Crippen LogP contribution in [0.3, 0.4) is 0 Å². The summed E-state index contributed by atoms with van der Waals surface area (Å²) in [4.78, 5) is 16.7. The van der Waals surface area contributed by atoms with Crippen molar-refractivity contribution in [2.75, 3.05) is 46.4 Å². The molecule has 0 bridgehead atoms. The van der Waals surface area contributed by atoms with E-state index >= 15 is 0 Å². The molecule has 0 aromatic heterocycles. The van der Waals surface area contributed by atoms with Gasteiger partial charge in [-0.3, -0.25) is 4.79 Å². The summed E-state index contributed by atoms with van der Waals surface area (Å²) in [5.41, 5.74) is 1.76. The van der Waals surface area contributed by atoms with Crippen molar-refractivity contribution in [1.82, 2.24) is 9.80 Å². The topological polar surface area (TPSA) is 32.8 Å². The number of carbonyl (C=O) groups is 1. The minimum Gasteiger partial charge on any atom is -0.375 e. The highest BCUT2D eigenvalue weighted by molar-refractivity contribution is 5.77. The van der Waals surface area contributed by atoms with Gasteiger partial charge in [-0.05, 0) is 50.8 Å². The van der Waals surface area contributed by atoms with Gasteiger partial charge in [0.05, 0.1) is 0 Å². The molecule has 4 heteroatoms. The molecular formula is C20H30N2O2. The molecule has 1 atom stereocenters. The zero-order chi connectivity index (χ0) is 16.8. The Morgan fingerprint density at radius 2 is 2.00 bits per heavy atom. The molecule has 0 saturated carbocycles. The number of amides is 1. The van der Waals surface area contributed by atoms with E-state index in [2.05, 4.69) is 35.2 Å². The van der Waals surface area contributed by atoms with Crippen LogP contribution in [0.2, 0.25) is 0 Å². The smallest absolute Gasteiger partial charge is 0.248 e. The van der Waals surface area contributed by atoms with Crippen molar-refractivity contribution in [3.63, 3.8) is 0 Å². The molecule has 1 spiro atoms. The van der Waals surface area contributed by atoms with Crippen LogP contribution in [0.1, 0.15) is 31.2 Å². The monoisotopic (exact) mass is 330 g/mol. The minimum absolute atomic E-state index is 0.149. The Balaban J connectivity index is 1.47. The highest BCUT2D eigenvalue weighted by Gasteiger charge is 2.42. The third-order valence-corrected chi connectivity index (χ3v) is 5.58. The van der Waals surface area contributed by atoms with Crippen molar-refractivity contribution < 1.29 is 9.53 Å². The first-order valence-corrected chi connectivity index (χ1v) is 9.24. The zero-order valence-electron chi connectivity index (χ0n) is 14.9. The van der Waals surface area contributed by atoms with Gasteiger partial charge in [-0.2, -0.15) is 0 Å². The van der Waals surface area contributed by atoms with Crippen molar-refractivity contribution in [3.05, 3.63) is 35.9 Å². The van der Waals surface area contributed by atoms with Crippen LogP contribution in [0.25, 0.3) is 0 Å². The summed E-state index contributed by atoms with van der Waals surface area (Å²) in [5, 5.41) is 0. The van der Waals surface area contributed by atoms with Gasteiger partial charge in [0.25, 0.3) is 0 Å². The number of piperidine rings is 1. The highest BCUT2D eigenvalue weighted by atomic mass is 16.5. The third kappa shape index (κ3) is 4.37. The number of hydrogen-bond acceptors (Lipinski definition) is 3. The third-order valence-electron chi connectivity index (χ3n) is 5.58. The van der Waals surface area contributed by atoms with Crippen LogP contribution in [0.15, 0.2) is 30.3 Å². The fraction of sp³-hybridized carbons (Fsp3) is 0.650. The predicted octanol–water partition coefficient (Wildman–Crippen LogP) is 2.58. The summed E-state index contributed by atoms with van der Waals surface area (Å²) in [6.07, 6.45) is 6.05. The second kappa shape index (κ2) is 8.13. The molecule has 1 aromatic carbocycles. The van der Waals surface area contributed by atoms with Gasteiger partial charge >= 0.3 is 0 Å². The fourth-order valence-electron chi connectivity index (χ4n) is 4.35. The molecule has 4 nitrogen and oxygen atoms in total. The normalized spacial score (nSPS) is 24.6. The molecule has 0 aliphatic carbocycles. The first-order chi connectivity index (χ1) is 11.7. The number of ether oxygens (including phenoxy) is 1. The Morgan fingerprint density at radius 1 is 1.17 bits per heavy atom. The van der Waals surface area contributed by atoms with Crippen LogP contribution in [-0.2, 0) is 16.0 Å². The van der Waals surface area contributed by atoms with Gasteiger partial charge in [0, 0.05) is 32.2 Å². The number of likely N-dealkylation sites (tertiary alicyclic amines) is 2. The maximum absolute atomic E-state index is 12.1. The average molecular weight is 330 g/mol. The lowest BCUT2D eigenvalue weighted by atomic mass is 9.79. The molecule has 24 heavy (non-hydrogen) atoms. The van der Waals surface area contributed by atoms with Gasteiger partial charge in [0.2, 0.25) is 5.91 Å². The molecule has 0 N–H and O–H groups in total. The summed E-state index contributed by atoms with van der Waals surface area (Å²) in [6.45, 7) is 5.57. The maximum atomic E-state index is 12.1. The van der Waals surface area contributed by atoms with E-state index < -0.39 is 0 Å². The van der Waals surface area contributed by atoms with Crippen molar-refractivity contribution in [3.8, 4) is 0 Å². The molecule has 2 aliphatic heterocycles. The van der Waals surface area contributed by atoms with E-state index in [4.69, 9.17) is 4.74 Å². The molecule has 1 aromatic rings. The van der Waals surface area contributed by atoms with Crippen molar-refractivity contribution in [1.29, 1.82) is 0 Å². The summed E-state index contributed by atoms with van der Waals surface area (Å²) < 4.78 is 5.01. The fourth-order valence-corrected chi connectivity index (χ4v) is 4.35. The Hall–Kier alpha value is -1.39. The lowest BCUT2D eigenvalue weighted by molar-refractivity contribution is -0.134. The van der Waals surface area contributed by atoms with Gasteiger partial charge < -0.3 is 14.5 Å². The van der Waals surface area contributed by atoms with E-state index in [1.165, 1.54) is 37.9 Å². The number of methoxy groups -OCH3 is 1. The predicted molar refractivity (Wildman–Crippen MR) is 95.9 cm³/mol. The van der Waals surface area contributed by atoms with Gasteiger partial charge in [0.1, 0.15) is 6.61 Å². The Kier molecular flexibility index (Phi) is 5.90. The van der Waals surface area contributed by atoms with Crippen LogP contribution in [-0.4, -0.2) is 62.1 Å². The standard InChI is InChI=1S/C20H30N2O2/c1-24-15-19(23)22-14-11-20(17-22)10-6-13-21(16-20)12-5-9-18-7-3-2-4-8-18/h2-4,7-8H,5-6,9-17H2,1H3/t20-/m1/s1. The molecule has 1 amide bonds. The SMILES string of the molecule is COCC(=O)N1CC[C@@]2(CCCN(CCCc3ccccc3)C2)C1. The van der Waals surface area contributed by atoms with Crippen molar-refractivity contribution in [2.24, 2.45) is 5.41 Å². The molecule has 2 heterocycles. The lowest BCUT2D eigenvalue weighted by Crippen LogP contribution is -2.46. The largest absolute Gasteiger partial charge is 0.375 e. The molecule has 2 aliphatic rings. The number of benzene rings is 1.